The second-order valence-corrected chi connectivity index (χ2v) is 6.62. The van der Waals surface area contributed by atoms with Crippen LogP contribution in [0.25, 0.3) is 0 Å². The summed E-state index contributed by atoms with van der Waals surface area (Å²) in [7, 11) is 0. The molecule has 26 heavy (non-hydrogen) atoms. The van der Waals surface area contributed by atoms with Crippen LogP contribution in [0.5, 0.6) is 0 Å². The smallest absolute Gasteiger partial charge is 0.244 e. The zero-order chi connectivity index (χ0) is 18.1. The van der Waals surface area contributed by atoms with Gasteiger partial charge in [-0.1, -0.05) is 17.7 Å². The Balaban J connectivity index is 1.55. The number of aryl methyl sites for hydroxylation is 1. The van der Waals surface area contributed by atoms with Crippen LogP contribution in [0.3, 0.4) is 0 Å². The second-order valence-electron chi connectivity index (χ2n) is 6.21. The molecule has 7 heteroatoms. The standard InChI is InChI=1S/C19H16ClN5O/c1-12-6-13-7-17(24-19(13)22-9-12)15-8-14(2-3-16(15)20)23-18(26)10-25-5-4-21-11-25/h2-6,8-9,11H,7,10H2,1H3,(H,23,26). The minimum absolute atomic E-state index is 0.134. The number of aliphatic imine (C=N–C) groups is 1. The minimum atomic E-state index is -0.134. The number of rotatable bonds is 4. The summed E-state index contributed by atoms with van der Waals surface area (Å²) >= 11 is 6.38. The van der Waals surface area contributed by atoms with Crippen LogP contribution >= 0.6 is 11.6 Å². The Bertz CT molecular complexity index is 1010. The Labute approximate surface area is 155 Å². The maximum Gasteiger partial charge on any atom is 0.244 e. The van der Waals surface area contributed by atoms with E-state index in [4.69, 9.17) is 11.6 Å². The number of hydrogen-bond donors (Lipinski definition) is 1. The van der Waals surface area contributed by atoms with Crippen LogP contribution in [-0.2, 0) is 17.8 Å². The third-order valence-electron chi connectivity index (χ3n) is 4.12. The Morgan fingerprint density at radius 1 is 1.35 bits per heavy atom. The first-order chi connectivity index (χ1) is 12.6. The summed E-state index contributed by atoms with van der Waals surface area (Å²) in [5.41, 5.74) is 4.53. The first-order valence-electron chi connectivity index (χ1n) is 8.17. The largest absolute Gasteiger partial charge is 0.328 e. The number of imidazole rings is 1. The Morgan fingerprint density at radius 3 is 3.04 bits per heavy atom. The summed E-state index contributed by atoms with van der Waals surface area (Å²) in [5.74, 6) is 0.599. The van der Waals surface area contributed by atoms with E-state index < -0.39 is 0 Å². The normalized spacial score (nSPS) is 12.6. The highest BCUT2D eigenvalue weighted by Crippen LogP contribution is 2.31. The third kappa shape index (κ3) is 3.36. The molecule has 0 radical (unpaired) electrons. The topological polar surface area (TPSA) is 72.2 Å². The molecule has 1 N–H and O–H groups in total. The van der Waals surface area contributed by atoms with Crippen molar-refractivity contribution < 1.29 is 4.79 Å². The summed E-state index contributed by atoms with van der Waals surface area (Å²) in [5, 5.41) is 3.48. The first-order valence-corrected chi connectivity index (χ1v) is 8.55. The van der Waals surface area contributed by atoms with Gasteiger partial charge in [0.1, 0.15) is 6.54 Å². The molecule has 1 aliphatic rings. The van der Waals surface area contributed by atoms with Gasteiger partial charge >= 0.3 is 0 Å². The average Bonchev–Trinajstić information content (AvgIpc) is 3.25. The van der Waals surface area contributed by atoms with Crippen molar-refractivity contribution in [3.8, 4) is 0 Å². The molecule has 0 saturated heterocycles. The molecule has 0 bridgehead atoms. The molecule has 2 aromatic heterocycles. The number of hydrogen-bond acceptors (Lipinski definition) is 4. The van der Waals surface area contributed by atoms with Crippen LogP contribution in [0.4, 0.5) is 11.5 Å². The molecule has 1 aliphatic heterocycles. The predicted octanol–water partition coefficient (Wildman–Crippen LogP) is 3.56. The van der Waals surface area contributed by atoms with Crippen molar-refractivity contribution in [3.63, 3.8) is 0 Å². The van der Waals surface area contributed by atoms with Crippen molar-refractivity contribution in [1.82, 2.24) is 14.5 Å². The zero-order valence-corrected chi connectivity index (χ0v) is 14.9. The van der Waals surface area contributed by atoms with Crippen molar-refractivity contribution in [2.75, 3.05) is 5.32 Å². The molecule has 0 unspecified atom stereocenters. The SMILES string of the molecule is Cc1cnc2c(c1)CC(c1cc(NC(=O)Cn3ccnc3)ccc1Cl)=N2. The quantitative estimate of drug-likeness (QED) is 0.768. The number of fused-ring (bicyclic) bond motifs is 1. The molecule has 0 saturated carbocycles. The number of aromatic nitrogens is 3. The maximum atomic E-state index is 12.2. The average molecular weight is 366 g/mol. The molecular formula is C19H16ClN5O. The van der Waals surface area contributed by atoms with Gasteiger partial charge < -0.3 is 9.88 Å². The fourth-order valence-electron chi connectivity index (χ4n) is 2.93. The number of halogens is 1. The van der Waals surface area contributed by atoms with Crippen molar-refractivity contribution in [1.29, 1.82) is 0 Å². The van der Waals surface area contributed by atoms with Crippen molar-refractivity contribution in [2.24, 2.45) is 4.99 Å². The van der Waals surface area contributed by atoms with Gasteiger partial charge in [-0.3, -0.25) is 4.79 Å². The van der Waals surface area contributed by atoms with Crippen LogP contribution in [0.1, 0.15) is 16.7 Å². The summed E-state index contributed by atoms with van der Waals surface area (Å²) in [6, 6.07) is 7.49. The van der Waals surface area contributed by atoms with Gasteiger partial charge in [0.25, 0.3) is 0 Å². The molecular weight excluding hydrogens is 350 g/mol. The first kappa shape index (κ1) is 16.5. The summed E-state index contributed by atoms with van der Waals surface area (Å²) in [6.07, 6.45) is 7.47. The van der Waals surface area contributed by atoms with E-state index in [0.29, 0.717) is 17.1 Å². The van der Waals surface area contributed by atoms with Crippen LogP contribution in [0.2, 0.25) is 5.02 Å². The van der Waals surface area contributed by atoms with E-state index in [1.54, 1.807) is 41.6 Å². The number of amides is 1. The number of benzene rings is 1. The number of nitrogens with one attached hydrogen (secondary N) is 1. The number of nitrogens with zero attached hydrogens (tertiary/aromatic N) is 4. The van der Waals surface area contributed by atoms with E-state index in [9.17, 15) is 4.79 Å². The highest BCUT2D eigenvalue weighted by atomic mass is 35.5. The van der Waals surface area contributed by atoms with Gasteiger partial charge in [-0.05, 0) is 30.7 Å². The van der Waals surface area contributed by atoms with E-state index >= 15 is 0 Å². The van der Waals surface area contributed by atoms with Crippen LogP contribution < -0.4 is 5.32 Å². The molecule has 0 spiro atoms. The Morgan fingerprint density at radius 2 is 2.23 bits per heavy atom. The fourth-order valence-corrected chi connectivity index (χ4v) is 3.15. The highest BCUT2D eigenvalue weighted by molar-refractivity contribution is 6.34. The van der Waals surface area contributed by atoms with E-state index in [1.807, 2.05) is 13.0 Å². The fraction of sp³-hybridized carbons (Fsp3) is 0.158. The van der Waals surface area contributed by atoms with Crippen LogP contribution in [0, 0.1) is 6.92 Å². The lowest BCUT2D eigenvalue weighted by Crippen LogP contribution is -2.18. The molecule has 6 nitrogen and oxygen atoms in total. The molecule has 1 aromatic carbocycles. The number of carbonyl (C=O) groups excluding carboxylic acids is 1. The van der Waals surface area contributed by atoms with Gasteiger partial charge in [-0.2, -0.15) is 0 Å². The lowest BCUT2D eigenvalue weighted by molar-refractivity contribution is -0.116. The van der Waals surface area contributed by atoms with Gasteiger partial charge in [0, 0.05) is 46.8 Å². The molecule has 0 atom stereocenters. The minimum Gasteiger partial charge on any atom is -0.328 e. The number of anilines is 1. The molecule has 4 rings (SSSR count). The van der Waals surface area contributed by atoms with E-state index in [2.05, 4.69) is 26.3 Å². The Hall–Kier alpha value is -2.99. The monoisotopic (exact) mass is 365 g/mol. The summed E-state index contributed by atoms with van der Waals surface area (Å²) < 4.78 is 1.71. The zero-order valence-electron chi connectivity index (χ0n) is 14.1. The second kappa shape index (κ2) is 6.72. The van der Waals surface area contributed by atoms with Gasteiger partial charge in [-0.15, -0.1) is 0 Å². The van der Waals surface area contributed by atoms with E-state index in [1.165, 1.54) is 0 Å². The lowest BCUT2D eigenvalue weighted by atomic mass is 10.0. The van der Waals surface area contributed by atoms with Crippen molar-refractivity contribution in [2.45, 2.75) is 19.9 Å². The van der Waals surface area contributed by atoms with Gasteiger partial charge in [0.15, 0.2) is 5.82 Å². The summed E-state index contributed by atoms with van der Waals surface area (Å²) in [6.45, 7) is 2.21. The predicted molar refractivity (Wildman–Crippen MR) is 101 cm³/mol. The molecule has 130 valence electrons. The van der Waals surface area contributed by atoms with Crippen molar-refractivity contribution in [3.05, 3.63) is 70.9 Å². The third-order valence-corrected chi connectivity index (χ3v) is 4.45. The Kier molecular flexibility index (Phi) is 4.26. The van der Waals surface area contributed by atoms with E-state index in [0.717, 1.165) is 28.2 Å². The van der Waals surface area contributed by atoms with Gasteiger partial charge in [0.2, 0.25) is 5.91 Å². The van der Waals surface area contributed by atoms with Crippen molar-refractivity contribution >= 4 is 34.7 Å². The molecule has 0 aliphatic carbocycles. The molecule has 0 fully saturated rings. The molecule has 1 amide bonds. The van der Waals surface area contributed by atoms with Crippen LogP contribution in [-0.4, -0.2) is 26.2 Å². The molecule has 3 heterocycles. The molecule has 3 aromatic rings. The van der Waals surface area contributed by atoms with Crippen LogP contribution in [0.15, 0.2) is 54.2 Å². The number of pyridine rings is 1. The van der Waals surface area contributed by atoms with Gasteiger partial charge in [0.05, 0.1) is 12.0 Å². The lowest BCUT2D eigenvalue weighted by Gasteiger charge is -2.09. The maximum absolute atomic E-state index is 12.2. The summed E-state index contributed by atoms with van der Waals surface area (Å²) in [4.78, 5) is 25.1. The number of carbonyl (C=O) groups is 1. The highest BCUT2D eigenvalue weighted by Gasteiger charge is 2.20. The van der Waals surface area contributed by atoms with Gasteiger partial charge in [-0.25, -0.2) is 15.0 Å². The van der Waals surface area contributed by atoms with E-state index in [-0.39, 0.29) is 12.5 Å².